The second-order valence-electron chi connectivity index (χ2n) is 8.60. The van der Waals surface area contributed by atoms with Gasteiger partial charge in [-0.25, -0.2) is 14.4 Å². The van der Waals surface area contributed by atoms with Crippen LogP contribution in [0, 0.1) is 17.1 Å². The minimum absolute atomic E-state index is 0.00146. The Balaban J connectivity index is 1.73. The number of amidine groups is 1. The summed E-state index contributed by atoms with van der Waals surface area (Å²) in [5, 5.41) is 11.1. The number of rotatable bonds is 3. The molecule has 0 radical (unpaired) electrons. The topological polar surface area (TPSA) is 149 Å². The number of nitrogens with two attached hydrogens (primary N) is 1. The third kappa shape index (κ3) is 3.54. The molecule has 9 nitrogen and oxygen atoms in total. The van der Waals surface area contributed by atoms with Crippen molar-refractivity contribution >= 4 is 39.7 Å². The van der Waals surface area contributed by atoms with Crippen LogP contribution in [0.2, 0.25) is 5.02 Å². The number of hydrogen-bond acceptors (Lipinski definition) is 8. The van der Waals surface area contributed by atoms with Crippen molar-refractivity contribution in [3.05, 3.63) is 52.2 Å². The van der Waals surface area contributed by atoms with E-state index in [4.69, 9.17) is 22.6 Å². The molecular weight excluding hydrogens is 469 g/mol. The minimum Gasteiger partial charge on any atom is -0.386 e. The zero-order chi connectivity index (χ0) is 24.2. The predicted molar refractivity (Wildman–Crippen MR) is 126 cm³/mol. The fourth-order valence-corrected chi connectivity index (χ4v) is 7.90. The van der Waals surface area contributed by atoms with Crippen LogP contribution < -0.4 is 15.8 Å². The number of nitrogens with one attached hydrogen (secondary N) is 2. The molecule has 33 heavy (non-hydrogen) atoms. The third-order valence-corrected chi connectivity index (χ3v) is 10.5. The molecule has 0 bridgehead atoms. The Kier molecular flexibility index (Phi) is 5.61. The van der Waals surface area contributed by atoms with Gasteiger partial charge in [0.05, 0.1) is 20.6 Å². The van der Waals surface area contributed by atoms with E-state index in [2.05, 4.69) is 25.0 Å². The zero-order valence-electron chi connectivity index (χ0n) is 18.2. The van der Waals surface area contributed by atoms with Crippen molar-refractivity contribution in [1.29, 1.82) is 5.26 Å². The van der Waals surface area contributed by atoms with Crippen LogP contribution in [-0.2, 0) is 5.54 Å². The fraction of sp³-hybridized carbons (Fsp3) is 0.381. The van der Waals surface area contributed by atoms with Gasteiger partial charge in [0.1, 0.15) is 40.5 Å². The fourth-order valence-electron chi connectivity index (χ4n) is 4.30. The Morgan fingerprint density at radius 1 is 1.45 bits per heavy atom. The highest BCUT2D eigenvalue weighted by molar-refractivity contribution is 8.29. The van der Waals surface area contributed by atoms with E-state index in [0.29, 0.717) is 13.0 Å². The monoisotopic (exact) mass is 491 g/mol. The van der Waals surface area contributed by atoms with Gasteiger partial charge in [-0.3, -0.25) is 14.5 Å². The van der Waals surface area contributed by atoms with E-state index in [9.17, 15) is 9.35 Å². The molecule has 4 heterocycles. The van der Waals surface area contributed by atoms with E-state index in [-0.39, 0.29) is 33.6 Å². The summed E-state index contributed by atoms with van der Waals surface area (Å²) in [5.74, 6) is -1.03. The Morgan fingerprint density at radius 2 is 2.18 bits per heavy atom. The average Bonchev–Trinajstić information content (AvgIpc) is 3.18. The zero-order valence-corrected chi connectivity index (χ0v) is 19.8. The second-order valence-corrected chi connectivity index (χ2v) is 12.1. The molecular formula is C21H23ClFN7O2S. The van der Waals surface area contributed by atoms with Gasteiger partial charge < -0.3 is 15.6 Å². The Labute approximate surface area is 196 Å². The SMILES string of the molecule is CC1(C)C(N)=N[C@](C)(c2nc(NC(=O)c3ncc(C#N)cc3Cl)ccc2F)[C@@H]2CCNS21O. The first-order valence-corrected chi connectivity index (χ1v) is 12.2. The summed E-state index contributed by atoms with van der Waals surface area (Å²) in [5.41, 5.74) is 5.09. The van der Waals surface area contributed by atoms with Gasteiger partial charge in [0, 0.05) is 12.7 Å². The highest BCUT2D eigenvalue weighted by atomic mass is 35.5. The number of nitriles is 1. The number of hydrogen-bond donors (Lipinski definition) is 4. The van der Waals surface area contributed by atoms with Gasteiger partial charge in [0.15, 0.2) is 0 Å². The summed E-state index contributed by atoms with van der Waals surface area (Å²) < 4.78 is 29.0. The van der Waals surface area contributed by atoms with E-state index in [1.165, 1.54) is 24.4 Å². The van der Waals surface area contributed by atoms with Crippen LogP contribution >= 0.6 is 22.1 Å². The normalized spacial score (nSPS) is 29.8. The molecule has 2 aromatic rings. The number of fused-ring (bicyclic) bond motifs is 1. The molecule has 0 aliphatic carbocycles. The second kappa shape index (κ2) is 7.92. The van der Waals surface area contributed by atoms with Crippen LogP contribution in [0.15, 0.2) is 29.4 Å². The number of amides is 1. The summed E-state index contributed by atoms with van der Waals surface area (Å²) >= 11 is 6.07. The van der Waals surface area contributed by atoms with Gasteiger partial charge in [-0.05, 0) is 45.4 Å². The number of aliphatic imine (C=N–C) groups is 1. The molecule has 0 saturated carbocycles. The summed E-state index contributed by atoms with van der Waals surface area (Å²) in [6.45, 7) is 5.88. The largest absolute Gasteiger partial charge is 0.386 e. The summed E-state index contributed by atoms with van der Waals surface area (Å²) in [7, 11) is -2.49. The molecule has 2 aliphatic heterocycles. The number of nitrogens with zero attached hydrogens (tertiary/aromatic N) is 4. The lowest BCUT2D eigenvalue weighted by Crippen LogP contribution is -2.57. The van der Waals surface area contributed by atoms with Crippen LogP contribution in [0.5, 0.6) is 0 Å². The van der Waals surface area contributed by atoms with Crippen molar-refractivity contribution in [2.45, 2.75) is 42.7 Å². The molecule has 1 fully saturated rings. The molecule has 174 valence electrons. The highest BCUT2D eigenvalue weighted by Crippen LogP contribution is 2.67. The number of aromatic nitrogens is 2. The van der Waals surface area contributed by atoms with E-state index >= 15 is 4.39 Å². The smallest absolute Gasteiger partial charge is 0.276 e. The molecule has 0 spiro atoms. The van der Waals surface area contributed by atoms with Gasteiger partial charge >= 0.3 is 0 Å². The van der Waals surface area contributed by atoms with Crippen LogP contribution in [0.25, 0.3) is 0 Å². The summed E-state index contributed by atoms with van der Waals surface area (Å²) in [6.07, 6.45) is 1.79. The molecule has 1 amide bonds. The number of halogens is 2. The van der Waals surface area contributed by atoms with Crippen molar-refractivity contribution < 1.29 is 13.7 Å². The van der Waals surface area contributed by atoms with E-state index < -0.39 is 37.8 Å². The average molecular weight is 492 g/mol. The quantitative estimate of drug-likeness (QED) is 0.514. The van der Waals surface area contributed by atoms with E-state index in [0.717, 1.165) is 0 Å². The maximum atomic E-state index is 15.1. The summed E-state index contributed by atoms with van der Waals surface area (Å²) in [4.78, 5) is 25.6. The standard InChI is InChI=1S/C21H23ClFN7O2S/c1-20(2)19(25)30-21(3,14-6-7-27-33(14,20)32)17-13(23)4-5-15(28-17)29-18(31)16-12(22)8-11(9-24)10-26-16/h4-5,8,10,14,27,32H,6-7H2,1-3H3,(H2,25,30)(H,28,29,31)/t14-,21-/m0/s1. The Morgan fingerprint density at radius 3 is 2.85 bits per heavy atom. The lowest BCUT2D eigenvalue weighted by molar-refractivity contribution is 0.102. The Bertz CT molecular complexity index is 1230. The van der Waals surface area contributed by atoms with Crippen molar-refractivity contribution in [3.63, 3.8) is 0 Å². The summed E-state index contributed by atoms with van der Waals surface area (Å²) in [6, 6.07) is 5.70. The van der Waals surface area contributed by atoms with Gasteiger partial charge in [-0.15, -0.1) is 0 Å². The maximum Gasteiger partial charge on any atom is 0.276 e. The molecule has 5 N–H and O–H groups in total. The van der Waals surface area contributed by atoms with Crippen molar-refractivity contribution in [1.82, 2.24) is 14.7 Å². The maximum absolute atomic E-state index is 15.1. The molecule has 1 saturated heterocycles. The van der Waals surface area contributed by atoms with Crippen molar-refractivity contribution in [2.24, 2.45) is 10.7 Å². The van der Waals surface area contributed by atoms with Gasteiger partial charge in [-0.1, -0.05) is 22.1 Å². The van der Waals surface area contributed by atoms with Crippen molar-refractivity contribution in [2.75, 3.05) is 11.9 Å². The van der Waals surface area contributed by atoms with Gasteiger partial charge in [0.25, 0.3) is 5.91 Å². The van der Waals surface area contributed by atoms with E-state index in [1.54, 1.807) is 6.92 Å². The third-order valence-electron chi connectivity index (χ3n) is 6.27. The Hall–Kier alpha value is -2.78. The van der Waals surface area contributed by atoms with E-state index in [1.807, 2.05) is 19.9 Å². The molecule has 4 rings (SSSR count). The lowest BCUT2D eigenvalue weighted by Gasteiger charge is -2.55. The number of carbonyl (C=O) groups excluding carboxylic acids is 1. The number of carbonyl (C=O) groups is 1. The number of pyridine rings is 2. The van der Waals surface area contributed by atoms with Gasteiger partial charge in [0.2, 0.25) is 0 Å². The first-order valence-electron chi connectivity index (χ1n) is 10.1. The molecule has 1 unspecified atom stereocenters. The van der Waals surface area contributed by atoms with Crippen LogP contribution in [0.3, 0.4) is 0 Å². The van der Waals surface area contributed by atoms with Crippen LogP contribution in [0.4, 0.5) is 10.2 Å². The molecule has 0 aromatic carbocycles. The molecule has 3 atom stereocenters. The molecule has 2 aromatic heterocycles. The molecule has 12 heteroatoms. The lowest BCUT2D eigenvalue weighted by atomic mass is 9.90. The predicted octanol–water partition coefficient (Wildman–Crippen LogP) is 3.31. The first-order chi connectivity index (χ1) is 15.4. The van der Waals surface area contributed by atoms with Crippen LogP contribution in [-0.4, -0.2) is 42.8 Å². The first kappa shape index (κ1) is 23.4. The van der Waals surface area contributed by atoms with Crippen LogP contribution in [0.1, 0.15) is 48.9 Å². The highest BCUT2D eigenvalue weighted by Gasteiger charge is 2.61. The van der Waals surface area contributed by atoms with Gasteiger partial charge in [-0.2, -0.15) is 5.26 Å². The molecule has 2 aliphatic rings. The minimum atomic E-state index is -2.49. The van der Waals surface area contributed by atoms with Crippen molar-refractivity contribution in [3.8, 4) is 6.07 Å². The number of anilines is 1.